The Labute approximate surface area is 221 Å². The first kappa shape index (κ1) is 28.5. The third-order valence-electron chi connectivity index (χ3n) is 6.00. The summed E-state index contributed by atoms with van der Waals surface area (Å²) in [7, 11) is 3.14. The van der Waals surface area contributed by atoms with Crippen molar-refractivity contribution in [2.45, 2.75) is 38.5 Å². The number of methoxy groups -OCH3 is 2. The smallest absolute Gasteiger partial charge is 0.188 e. The number of allylic oxidation sites excluding steroid dienone is 4. The Kier molecular flexibility index (Phi) is 11.0. The SMILES string of the molecule is COCOc1ccc(C2=CC(=NO)CCC2)c(OCOC)c1.ON=C1C=C(c2ccc(O)cc2O)CCC1. The number of benzene rings is 2. The number of phenols is 2. The Balaban J connectivity index is 0.000000221. The summed E-state index contributed by atoms with van der Waals surface area (Å²) in [5.74, 6) is 1.41. The molecule has 2 aromatic rings. The van der Waals surface area contributed by atoms with Gasteiger partial charge in [-0.3, -0.25) is 0 Å². The van der Waals surface area contributed by atoms with Crippen LogP contribution in [-0.4, -0.2) is 59.9 Å². The van der Waals surface area contributed by atoms with Gasteiger partial charge in [0.05, 0.1) is 11.4 Å². The van der Waals surface area contributed by atoms with E-state index in [-0.39, 0.29) is 25.1 Å². The van der Waals surface area contributed by atoms with Gasteiger partial charge in [0, 0.05) is 37.5 Å². The molecule has 4 N–H and O–H groups in total. The maximum Gasteiger partial charge on any atom is 0.188 e. The van der Waals surface area contributed by atoms with Crippen LogP contribution in [0.25, 0.3) is 11.1 Å². The Morgan fingerprint density at radius 2 is 1.29 bits per heavy atom. The molecule has 0 aromatic heterocycles. The van der Waals surface area contributed by atoms with E-state index < -0.39 is 0 Å². The monoisotopic (exact) mass is 526 g/mol. The Morgan fingerprint density at radius 3 is 1.87 bits per heavy atom. The van der Waals surface area contributed by atoms with Gasteiger partial charge in [0.2, 0.25) is 0 Å². The van der Waals surface area contributed by atoms with Crippen molar-refractivity contribution in [3.05, 3.63) is 59.7 Å². The van der Waals surface area contributed by atoms with Crippen LogP contribution in [0.1, 0.15) is 49.7 Å². The van der Waals surface area contributed by atoms with Crippen molar-refractivity contribution in [1.82, 2.24) is 0 Å². The summed E-state index contributed by atoms with van der Waals surface area (Å²) in [6.45, 7) is 0.321. The fourth-order valence-electron chi connectivity index (χ4n) is 4.21. The van der Waals surface area contributed by atoms with Crippen LogP contribution in [0.2, 0.25) is 0 Å². The van der Waals surface area contributed by atoms with Gasteiger partial charge in [-0.25, -0.2) is 0 Å². The standard InChI is InChI=1S/C16H21NO5.C12H13NO3/c1-19-10-21-14-6-7-15(16(9-14)22-11-20-2)12-4-3-5-13(8-12)17-18;14-10-4-5-11(12(15)7-10)8-2-1-3-9(6-8)13-16/h6-9,18H,3-5,10-11H2,1-2H3;4-7,14-16H,1-3H2. The predicted molar refractivity (Wildman–Crippen MR) is 143 cm³/mol. The molecule has 0 atom stereocenters. The summed E-state index contributed by atoms with van der Waals surface area (Å²) in [6, 6.07) is 10.1. The minimum absolute atomic E-state index is 0.0358. The van der Waals surface area contributed by atoms with Crippen molar-refractivity contribution < 1.29 is 39.6 Å². The lowest BCUT2D eigenvalue weighted by atomic mass is 9.92. The van der Waals surface area contributed by atoms with E-state index in [4.69, 9.17) is 29.4 Å². The van der Waals surface area contributed by atoms with E-state index in [2.05, 4.69) is 10.3 Å². The van der Waals surface area contributed by atoms with E-state index >= 15 is 0 Å². The number of hydrogen-bond donors (Lipinski definition) is 4. The van der Waals surface area contributed by atoms with Gasteiger partial charge in [-0.1, -0.05) is 10.3 Å². The number of nitrogens with zero attached hydrogens (tertiary/aromatic N) is 2. The molecule has 38 heavy (non-hydrogen) atoms. The lowest BCUT2D eigenvalue weighted by Crippen LogP contribution is -2.07. The minimum Gasteiger partial charge on any atom is -0.508 e. The molecule has 10 nitrogen and oxygen atoms in total. The van der Waals surface area contributed by atoms with Crippen molar-refractivity contribution >= 4 is 22.6 Å². The molecule has 10 heteroatoms. The summed E-state index contributed by atoms with van der Waals surface area (Å²) in [4.78, 5) is 0. The van der Waals surface area contributed by atoms with Gasteiger partial charge in [-0.2, -0.15) is 0 Å². The number of phenolic OH excluding ortho intramolecular Hbond substituents is 2. The maximum atomic E-state index is 9.70. The molecule has 0 bridgehead atoms. The normalized spacial score (nSPS) is 17.3. The second-order valence-electron chi connectivity index (χ2n) is 8.69. The molecule has 0 unspecified atom stereocenters. The molecule has 4 rings (SSSR count). The molecule has 0 heterocycles. The summed E-state index contributed by atoms with van der Waals surface area (Å²) in [5, 5.41) is 43.1. The van der Waals surface area contributed by atoms with Crippen LogP contribution >= 0.6 is 0 Å². The minimum atomic E-state index is 0.0358. The highest BCUT2D eigenvalue weighted by atomic mass is 16.7. The van der Waals surface area contributed by atoms with Crippen molar-refractivity contribution in [2.75, 3.05) is 27.8 Å². The molecule has 0 saturated carbocycles. The topological polar surface area (TPSA) is 143 Å². The molecule has 2 aromatic carbocycles. The van der Waals surface area contributed by atoms with Crippen molar-refractivity contribution in [3.63, 3.8) is 0 Å². The molecular formula is C28H34N2O8. The summed E-state index contributed by atoms with van der Waals surface area (Å²) < 4.78 is 21.0. The lowest BCUT2D eigenvalue weighted by Gasteiger charge is -2.18. The highest BCUT2D eigenvalue weighted by Gasteiger charge is 2.16. The zero-order valence-electron chi connectivity index (χ0n) is 21.6. The van der Waals surface area contributed by atoms with Gasteiger partial charge in [-0.05, 0) is 86.1 Å². The van der Waals surface area contributed by atoms with Crippen LogP contribution in [0.4, 0.5) is 0 Å². The van der Waals surface area contributed by atoms with Gasteiger partial charge >= 0.3 is 0 Å². The van der Waals surface area contributed by atoms with Gasteiger partial charge in [0.15, 0.2) is 13.6 Å². The molecule has 2 aliphatic rings. The van der Waals surface area contributed by atoms with Crippen LogP contribution in [0, 0.1) is 0 Å². The molecule has 2 aliphatic carbocycles. The summed E-state index contributed by atoms with van der Waals surface area (Å²) in [6.07, 6.45) is 8.77. The second-order valence-corrected chi connectivity index (χ2v) is 8.69. The average Bonchev–Trinajstić information content (AvgIpc) is 2.95. The van der Waals surface area contributed by atoms with E-state index in [1.165, 1.54) is 12.1 Å². The van der Waals surface area contributed by atoms with E-state index in [0.29, 0.717) is 28.5 Å². The van der Waals surface area contributed by atoms with Crippen molar-refractivity contribution in [2.24, 2.45) is 10.3 Å². The van der Waals surface area contributed by atoms with Gasteiger partial charge < -0.3 is 39.6 Å². The zero-order valence-corrected chi connectivity index (χ0v) is 21.6. The van der Waals surface area contributed by atoms with Crippen LogP contribution in [0.15, 0.2) is 58.9 Å². The summed E-state index contributed by atoms with van der Waals surface area (Å²) >= 11 is 0. The molecule has 204 valence electrons. The quantitative estimate of drug-likeness (QED) is 0.199. The number of ether oxygens (including phenoxy) is 4. The fourth-order valence-corrected chi connectivity index (χ4v) is 4.21. The van der Waals surface area contributed by atoms with E-state index in [1.807, 2.05) is 18.2 Å². The van der Waals surface area contributed by atoms with Crippen molar-refractivity contribution in [1.29, 1.82) is 0 Å². The molecule has 0 saturated heterocycles. The second kappa shape index (κ2) is 14.7. The number of oxime groups is 2. The number of rotatable bonds is 8. The lowest BCUT2D eigenvalue weighted by molar-refractivity contribution is 0.0459. The Morgan fingerprint density at radius 1 is 0.711 bits per heavy atom. The molecule has 0 amide bonds. The fraction of sp³-hybridized carbons (Fsp3) is 0.357. The molecule has 0 radical (unpaired) electrons. The third-order valence-corrected chi connectivity index (χ3v) is 6.00. The summed E-state index contributed by atoms with van der Waals surface area (Å²) in [5.41, 5.74) is 4.92. The maximum absolute atomic E-state index is 9.70. The first-order valence-corrected chi connectivity index (χ1v) is 12.2. The number of hydrogen-bond acceptors (Lipinski definition) is 10. The first-order valence-electron chi connectivity index (χ1n) is 12.2. The van der Waals surface area contributed by atoms with E-state index in [1.54, 1.807) is 32.4 Å². The van der Waals surface area contributed by atoms with Gasteiger partial charge in [0.1, 0.15) is 23.0 Å². The highest BCUT2D eigenvalue weighted by Crippen LogP contribution is 2.35. The van der Waals surface area contributed by atoms with Crippen molar-refractivity contribution in [3.8, 4) is 23.0 Å². The highest BCUT2D eigenvalue weighted by molar-refractivity contribution is 6.03. The van der Waals surface area contributed by atoms with Gasteiger partial charge in [-0.15, -0.1) is 0 Å². The predicted octanol–water partition coefficient (Wildman–Crippen LogP) is 5.54. The Bertz CT molecular complexity index is 1200. The number of aromatic hydroxyl groups is 2. The van der Waals surface area contributed by atoms with E-state index in [9.17, 15) is 10.2 Å². The molecular weight excluding hydrogens is 492 g/mol. The van der Waals surface area contributed by atoms with Crippen LogP contribution in [0.5, 0.6) is 23.0 Å². The van der Waals surface area contributed by atoms with Crippen LogP contribution < -0.4 is 9.47 Å². The van der Waals surface area contributed by atoms with Crippen LogP contribution in [-0.2, 0) is 9.47 Å². The first-order chi connectivity index (χ1) is 18.5. The third kappa shape index (κ3) is 7.99. The zero-order chi connectivity index (χ0) is 27.3. The van der Waals surface area contributed by atoms with E-state index in [0.717, 1.165) is 55.2 Å². The molecule has 0 spiro atoms. The molecule has 0 aliphatic heterocycles. The van der Waals surface area contributed by atoms with Gasteiger partial charge in [0.25, 0.3) is 0 Å². The average molecular weight is 527 g/mol. The van der Waals surface area contributed by atoms with Crippen LogP contribution in [0.3, 0.4) is 0 Å². The molecule has 0 fully saturated rings. The Hall–Kier alpha value is -4.02. The largest absolute Gasteiger partial charge is 0.508 e.